The van der Waals surface area contributed by atoms with E-state index in [1.54, 1.807) is 19.4 Å². The monoisotopic (exact) mass is 495 g/mol. The summed E-state index contributed by atoms with van der Waals surface area (Å²) < 4.78 is 47.4. The van der Waals surface area contributed by atoms with E-state index >= 15 is 0 Å². The van der Waals surface area contributed by atoms with Crippen molar-refractivity contribution in [2.45, 2.75) is 39.0 Å². The van der Waals surface area contributed by atoms with E-state index in [9.17, 15) is 13.2 Å². The predicted molar refractivity (Wildman–Crippen MR) is 129 cm³/mol. The molecule has 2 aromatic carbocycles. The van der Waals surface area contributed by atoms with Crippen LogP contribution < -0.4 is 15.0 Å². The summed E-state index contributed by atoms with van der Waals surface area (Å²) >= 11 is 0. The molecule has 36 heavy (non-hydrogen) atoms. The summed E-state index contributed by atoms with van der Waals surface area (Å²) in [5.74, 6) is 2.90. The Labute approximate surface area is 205 Å². The van der Waals surface area contributed by atoms with E-state index in [-0.39, 0.29) is 12.6 Å². The summed E-state index contributed by atoms with van der Waals surface area (Å²) in [6, 6.07) is 12.5. The molecule has 0 unspecified atom stereocenters. The zero-order valence-corrected chi connectivity index (χ0v) is 19.9. The molecule has 0 saturated carbocycles. The molecule has 0 spiro atoms. The lowest BCUT2D eigenvalue weighted by Crippen LogP contribution is -2.35. The number of nitrogens with zero attached hydrogens (tertiary/aromatic N) is 6. The first-order valence-corrected chi connectivity index (χ1v) is 11.4. The maximum absolute atomic E-state index is 13.4. The van der Waals surface area contributed by atoms with Crippen LogP contribution in [0.5, 0.6) is 5.75 Å². The van der Waals surface area contributed by atoms with E-state index in [1.165, 1.54) is 12.1 Å². The van der Waals surface area contributed by atoms with Crippen LogP contribution in [-0.4, -0.2) is 31.8 Å². The molecule has 0 saturated heterocycles. The number of benzene rings is 2. The van der Waals surface area contributed by atoms with Crippen LogP contribution in [0.25, 0.3) is 5.69 Å². The van der Waals surface area contributed by atoms with E-state index in [0.29, 0.717) is 52.5 Å². The number of methoxy groups -OCH3 is 1. The Kier molecular flexibility index (Phi) is 5.99. The van der Waals surface area contributed by atoms with Gasteiger partial charge in [-0.2, -0.15) is 18.2 Å². The van der Waals surface area contributed by atoms with Crippen LogP contribution in [0.1, 0.15) is 42.2 Å². The second-order valence-electron chi connectivity index (χ2n) is 8.42. The Morgan fingerprint density at radius 1 is 1.08 bits per heavy atom. The Morgan fingerprint density at radius 3 is 2.64 bits per heavy atom. The van der Waals surface area contributed by atoms with E-state index in [1.807, 2.05) is 47.6 Å². The molecule has 4 aromatic rings. The molecule has 8 nitrogen and oxygen atoms in total. The van der Waals surface area contributed by atoms with Crippen molar-refractivity contribution in [3.8, 4) is 11.4 Å². The molecule has 2 aromatic heterocycles. The average molecular weight is 496 g/mol. The van der Waals surface area contributed by atoms with Crippen LogP contribution in [0.15, 0.2) is 54.7 Å². The van der Waals surface area contributed by atoms with Crippen molar-refractivity contribution in [2.24, 2.45) is 0 Å². The predicted octanol–water partition coefficient (Wildman–Crippen LogP) is 5.61. The molecule has 0 fully saturated rings. The van der Waals surface area contributed by atoms with Gasteiger partial charge in [-0.05, 0) is 43.2 Å². The number of hydrogen-bond donors (Lipinski definition) is 1. The first kappa shape index (κ1) is 23.6. The van der Waals surface area contributed by atoms with Crippen LogP contribution in [0.3, 0.4) is 0 Å². The third-order valence-electron chi connectivity index (χ3n) is 6.13. The maximum Gasteiger partial charge on any atom is 0.416 e. The lowest BCUT2D eigenvalue weighted by Gasteiger charge is -2.37. The van der Waals surface area contributed by atoms with Gasteiger partial charge >= 0.3 is 6.18 Å². The van der Waals surface area contributed by atoms with Crippen LogP contribution >= 0.6 is 0 Å². The van der Waals surface area contributed by atoms with Crippen molar-refractivity contribution < 1.29 is 17.9 Å². The summed E-state index contributed by atoms with van der Waals surface area (Å²) in [5, 5.41) is 11.8. The highest BCUT2D eigenvalue weighted by atomic mass is 19.4. The van der Waals surface area contributed by atoms with Gasteiger partial charge in [0.1, 0.15) is 17.3 Å². The van der Waals surface area contributed by atoms with Gasteiger partial charge in [0.2, 0.25) is 5.95 Å². The molecule has 0 amide bonds. The minimum Gasteiger partial charge on any atom is -0.495 e. The molecule has 1 aliphatic heterocycles. The molecule has 0 aliphatic carbocycles. The number of rotatable bonds is 6. The Bertz CT molecular complexity index is 1400. The van der Waals surface area contributed by atoms with Crippen LogP contribution in [0.2, 0.25) is 0 Å². The van der Waals surface area contributed by atoms with Crippen molar-refractivity contribution in [3.05, 3.63) is 77.5 Å². The molecule has 1 aliphatic rings. The molecule has 11 heteroatoms. The van der Waals surface area contributed by atoms with Crippen molar-refractivity contribution >= 4 is 17.5 Å². The highest BCUT2D eigenvalue weighted by Gasteiger charge is 2.36. The fraction of sp³-hybridized carbons (Fsp3) is 0.280. The summed E-state index contributed by atoms with van der Waals surface area (Å²) in [7, 11) is 1.58. The van der Waals surface area contributed by atoms with Crippen molar-refractivity contribution in [2.75, 3.05) is 17.3 Å². The third kappa shape index (κ3) is 4.21. The van der Waals surface area contributed by atoms with Crippen LogP contribution in [-0.2, 0) is 12.7 Å². The number of aromatic nitrogens is 5. The van der Waals surface area contributed by atoms with Gasteiger partial charge < -0.3 is 15.0 Å². The summed E-state index contributed by atoms with van der Waals surface area (Å²) in [5.41, 5.74) is 1.17. The molecular formula is C25H24F3N7O. The van der Waals surface area contributed by atoms with Gasteiger partial charge in [0, 0.05) is 6.54 Å². The minimum atomic E-state index is -4.43. The van der Waals surface area contributed by atoms with Crippen molar-refractivity contribution in [1.82, 2.24) is 24.7 Å². The van der Waals surface area contributed by atoms with E-state index in [0.717, 1.165) is 6.07 Å². The summed E-state index contributed by atoms with van der Waals surface area (Å²) in [6.45, 7) is 4.04. The second-order valence-corrected chi connectivity index (χ2v) is 8.42. The number of alkyl halides is 3. The number of hydrogen-bond acceptors (Lipinski definition) is 7. The Hall–Kier alpha value is -4.15. The Balaban J connectivity index is 1.60. The number of para-hydroxylation sites is 2. The molecule has 1 N–H and O–H groups in total. The quantitative estimate of drug-likeness (QED) is 0.373. The topological polar surface area (TPSA) is 81.0 Å². The molecule has 0 radical (unpaired) electrons. The zero-order chi connectivity index (χ0) is 25.4. The smallest absolute Gasteiger partial charge is 0.416 e. The lowest BCUT2D eigenvalue weighted by molar-refractivity contribution is -0.137. The number of halogens is 3. The first-order valence-electron chi connectivity index (χ1n) is 11.4. The van der Waals surface area contributed by atoms with Crippen molar-refractivity contribution in [1.29, 1.82) is 0 Å². The summed E-state index contributed by atoms with van der Waals surface area (Å²) in [6.07, 6.45) is -2.11. The van der Waals surface area contributed by atoms with Crippen LogP contribution in [0.4, 0.5) is 30.6 Å². The molecular weight excluding hydrogens is 471 g/mol. The fourth-order valence-corrected chi connectivity index (χ4v) is 4.47. The number of nitrogens with one attached hydrogen (secondary N) is 1. The number of anilines is 3. The highest BCUT2D eigenvalue weighted by molar-refractivity contribution is 5.67. The van der Waals surface area contributed by atoms with Gasteiger partial charge in [-0.3, -0.25) is 4.57 Å². The Morgan fingerprint density at radius 2 is 1.89 bits per heavy atom. The van der Waals surface area contributed by atoms with E-state index in [2.05, 4.69) is 20.5 Å². The van der Waals surface area contributed by atoms with Gasteiger partial charge in [0.15, 0.2) is 11.6 Å². The standard InChI is InChI=1S/C25H24F3N7O/c1-4-19-23-33-32-15(2)35(23)20-13-29-24(30-18-10-5-6-11-21(18)36-3)31-22(20)34(19)14-16-8-7-9-17(12-16)25(26,27)28/h5-13,19H,4,14H2,1-3H3,(H,29,30,31)/t19-/m1/s1. The average Bonchev–Trinajstić information content (AvgIpc) is 3.25. The third-order valence-corrected chi connectivity index (χ3v) is 6.13. The highest BCUT2D eigenvalue weighted by Crippen LogP contribution is 2.41. The van der Waals surface area contributed by atoms with Gasteiger partial charge in [0.05, 0.1) is 30.6 Å². The second kappa shape index (κ2) is 9.14. The van der Waals surface area contributed by atoms with E-state index < -0.39 is 11.7 Å². The first-order chi connectivity index (χ1) is 17.3. The van der Waals surface area contributed by atoms with Gasteiger partial charge in [-0.15, -0.1) is 10.2 Å². The molecule has 1 atom stereocenters. The fourth-order valence-electron chi connectivity index (χ4n) is 4.47. The van der Waals surface area contributed by atoms with E-state index in [4.69, 9.17) is 9.72 Å². The minimum absolute atomic E-state index is 0.201. The number of ether oxygens (including phenoxy) is 1. The molecule has 0 bridgehead atoms. The number of aryl methyl sites for hydroxylation is 1. The SMILES string of the molecule is CC[C@@H]1c2nnc(C)n2-c2cnc(Nc3ccccc3OC)nc2N1Cc1cccc(C(F)(F)F)c1. The summed E-state index contributed by atoms with van der Waals surface area (Å²) in [4.78, 5) is 11.3. The van der Waals surface area contributed by atoms with Gasteiger partial charge in [-0.25, -0.2) is 4.98 Å². The molecule has 3 heterocycles. The van der Waals surface area contributed by atoms with Gasteiger partial charge in [0.25, 0.3) is 0 Å². The van der Waals surface area contributed by atoms with Crippen LogP contribution in [0, 0.1) is 6.92 Å². The largest absolute Gasteiger partial charge is 0.495 e. The lowest BCUT2D eigenvalue weighted by atomic mass is 10.1. The molecule has 5 rings (SSSR count). The normalized spacial score (nSPS) is 14.8. The van der Waals surface area contributed by atoms with Crippen molar-refractivity contribution in [3.63, 3.8) is 0 Å². The van der Waals surface area contributed by atoms with Gasteiger partial charge in [-0.1, -0.05) is 31.2 Å². The number of fused-ring (bicyclic) bond motifs is 3. The maximum atomic E-state index is 13.4. The zero-order valence-electron chi connectivity index (χ0n) is 19.9. The molecule has 186 valence electrons.